The number of nitro benzene ring substituents is 1. The van der Waals surface area contributed by atoms with E-state index in [1.165, 1.54) is 24.3 Å². The normalized spacial score (nSPS) is 13.0. The van der Waals surface area contributed by atoms with Crippen molar-refractivity contribution in [3.05, 3.63) is 63.7 Å². The van der Waals surface area contributed by atoms with Crippen molar-refractivity contribution in [3.8, 4) is 0 Å². The minimum atomic E-state index is -1.14. The van der Waals surface area contributed by atoms with Gasteiger partial charge in [-0.05, 0) is 49.3 Å². The van der Waals surface area contributed by atoms with Crippen molar-refractivity contribution in [1.82, 2.24) is 5.32 Å². The number of hydrogen-bond donors (Lipinski definition) is 3. The summed E-state index contributed by atoms with van der Waals surface area (Å²) in [7, 11) is 0. The highest BCUT2D eigenvalue weighted by Gasteiger charge is 2.24. The van der Waals surface area contributed by atoms with Crippen LogP contribution in [0.2, 0.25) is 0 Å². The summed E-state index contributed by atoms with van der Waals surface area (Å²) in [6, 6.07) is 10.4. The first-order valence-electron chi connectivity index (χ1n) is 8.85. The van der Waals surface area contributed by atoms with Crippen molar-refractivity contribution >= 4 is 46.3 Å². The van der Waals surface area contributed by atoms with Crippen LogP contribution in [0.5, 0.6) is 0 Å². The quantitative estimate of drug-likeness (QED) is 0.387. The highest BCUT2D eigenvalue weighted by Crippen LogP contribution is 2.31. The van der Waals surface area contributed by atoms with Gasteiger partial charge in [-0.2, -0.15) is 0 Å². The minimum absolute atomic E-state index is 0.00490. The third kappa shape index (κ3) is 4.66. The summed E-state index contributed by atoms with van der Waals surface area (Å²) >= 11 is 5.08. The fraction of sp³-hybridized carbons (Fsp3) is 0.211. The lowest BCUT2D eigenvalue weighted by atomic mass is 10.1. The molecule has 0 aliphatic carbocycles. The average Bonchev–Trinajstić information content (AvgIpc) is 3.22. The summed E-state index contributed by atoms with van der Waals surface area (Å²) in [4.78, 5) is 36.6. The number of nitrogens with one attached hydrogen (secondary N) is 2. The van der Waals surface area contributed by atoms with Gasteiger partial charge in [0.05, 0.1) is 16.2 Å². The Morgan fingerprint density at radius 1 is 1.14 bits per heavy atom. The summed E-state index contributed by atoms with van der Waals surface area (Å²) in [6.07, 6.45) is 1.94. The van der Waals surface area contributed by atoms with E-state index in [9.17, 15) is 24.8 Å². The second-order valence-electron chi connectivity index (χ2n) is 6.41. The Balaban J connectivity index is 1.75. The first-order valence-corrected chi connectivity index (χ1v) is 9.25. The molecule has 1 fully saturated rings. The number of anilines is 2. The molecule has 2 aromatic carbocycles. The van der Waals surface area contributed by atoms with Crippen LogP contribution in [0.15, 0.2) is 42.5 Å². The number of nitro groups is 1. The molecule has 3 rings (SSSR count). The van der Waals surface area contributed by atoms with E-state index in [2.05, 4.69) is 10.6 Å². The maximum atomic E-state index is 12.5. The number of carboxylic acids is 1. The molecule has 1 aliphatic rings. The van der Waals surface area contributed by atoms with E-state index in [-0.39, 0.29) is 27.6 Å². The molecule has 1 aliphatic heterocycles. The number of aromatic carboxylic acids is 1. The predicted octanol–water partition coefficient (Wildman–Crippen LogP) is 3.02. The summed E-state index contributed by atoms with van der Waals surface area (Å²) in [6.45, 7) is 1.48. The molecule has 1 amide bonds. The van der Waals surface area contributed by atoms with Gasteiger partial charge in [-0.25, -0.2) is 4.79 Å². The van der Waals surface area contributed by atoms with Gasteiger partial charge in [0.25, 0.3) is 11.6 Å². The molecule has 0 radical (unpaired) electrons. The lowest BCUT2D eigenvalue weighted by Crippen LogP contribution is -2.34. The fourth-order valence-corrected chi connectivity index (χ4v) is 3.35. The molecule has 9 nitrogen and oxygen atoms in total. The van der Waals surface area contributed by atoms with Gasteiger partial charge < -0.3 is 15.3 Å². The largest absolute Gasteiger partial charge is 0.478 e. The molecule has 10 heteroatoms. The Hall–Kier alpha value is -3.53. The molecule has 0 unspecified atom stereocenters. The Morgan fingerprint density at radius 2 is 1.83 bits per heavy atom. The van der Waals surface area contributed by atoms with Crippen molar-refractivity contribution in [3.63, 3.8) is 0 Å². The summed E-state index contributed by atoms with van der Waals surface area (Å²) < 4.78 is 0. The molecule has 0 atom stereocenters. The molecule has 0 aromatic heterocycles. The SMILES string of the molecule is O=C(NC(=S)Nc1ccccc1C(=O)O)c1ccc(N2CCCC2)c([N+](=O)[O-])c1. The number of nitrogens with zero attached hydrogens (tertiary/aromatic N) is 2. The van der Waals surface area contributed by atoms with E-state index in [1.807, 2.05) is 4.90 Å². The van der Waals surface area contributed by atoms with Crippen LogP contribution >= 0.6 is 12.2 Å². The Morgan fingerprint density at radius 3 is 2.48 bits per heavy atom. The van der Waals surface area contributed by atoms with Gasteiger partial charge in [-0.1, -0.05) is 12.1 Å². The molecular formula is C19H18N4O5S. The van der Waals surface area contributed by atoms with Gasteiger partial charge in [0.2, 0.25) is 0 Å². The molecule has 1 heterocycles. The van der Waals surface area contributed by atoms with E-state index in [0.717, 1.165) is 25.9 Å². The average molecular weight is 414 g/mol. The topological polar surface area (TPSA) is 125 Å². The number of para-hydroxylation sites is 1. The first kappa shape index (κ1) is 20.2. The second-order valence-corrected chi connectivity index (χ2v) is 6.82. The van der Waals surface area contributed by atoms with Gasteiger partial charge in [0, 0.05) is 24.7 Å². The third-order valence-corrected chi connectivity index (χ3v) is 4.72. The zero-order chi connectivity index (χ0) is 21.0. The lowest BCUT2D eigenvalue weighted by Gasteiger charge is -2.18. The number of thiocarbonyl (C=S) groups is 1. The summed E-state index contributed by atoms with van der Waals surface area (Å²) in [5.41, 5.74) is 0.639. The molecule has 150 valence electrons. The van der Waals surface area contributed by atoms with Crippen LogP contribution in [-0.4, -0.2) is 40.1 Å². The third-order valence-electron chi connectivity index (χ3n) is 4.51. The van der Waals surface area contributed by atoms with Crippen molar-refractivity contribution in [1.29, 1.82) is 0 Å². The molecular weight excluding hydrogens is 396 g/mol. The molecule has 29 heavy (non-hydrogen) atoms. The van der Waals surface area contributed by atoms with Crippen LogP contribution in [0.1, 0.15) is 33.6 Å². The van der Waals surface area contributed by atoms with E-state index in [4.69, 9.17) is 12.2 Å². The number of carbonyl (C=O) groups excluding carboxylic acids is 1. The van der Waals surface area contributed by atoms with Crippen LogP contribution < -0.4 is 15.5 Å². The van der Waals surface area contributed by atoms with Crippen molar-refractivity contribution in [2.24, 2.45) is 0 Å². The smallest absolute Gasteiger partial charge is 0.337 e. The maximum Gasteiger partial charge on any atom is 0.337 e. The van der Waals surface area contributed by atoms with Crippen molar-refractivity contribution in [2.75, 3.05) is 23.3 Å². The molecule has 2 aromatic rings. The zero-order valence-electron chi connectivity index (χ0n) is 15.3. The highest BCUT2D eigenvalue weighted by atomic mass is 32.1. The summed E-state index contributed by atoms with van der Waals surface area (Å²) in [5, 5.41) is 25.6. The molecule has 1 saturated heterocycles. The predicted molar refractivity (Wildman–Crippen MR) is 112 cm³/mol. The second kappa shape index (κ2) is 8.65. The Bertz CT molecular complexity index is 988. The fourth-order valence-electron chi connectivity index (χ4n) is 3.14. The number of carbonyl (C=O) groups is 2. The number of benzene rings is 2. The van der Waals surface area contributed by atoms with Crippen LogP contribution in [0, 0.1) is 10.1 Å². The monoisotopic (exact) mass is 414 g/mol. The van der Waals surface area contributed by atoms with Crippen LogP contribution in [0.25, 0.3) is 0 Å². The van der Waals surface area contributed by atoms with E-state index in [1.54, 1.807) is 18.2 Å². The number of carboxylic acid groups (broad SMARTS) is 1. The molecule has 0 saturated carbocycles. The van der Waals surface area contributed by atoms with Gasteiger partial charge in [-0.3, -0.25) is 20.2 Å². The van der Waals surface area contributed by atoms with Crippen LogP contribution in [0.4, 0.5) is 17.1 Å². The van der Waals surface area contributed by atoms with E-state index in [0.29, 0.717) is 5.69 Å². The van der Waals surface area contributed by atoms with E-state index < -0.39 is 16.8 Å². The zero-order valence-corrected chi connectivity index (χ0v) is 16.1. The molecule has 0 bridgehead atoms. The maximum absolute atomic E-state index is 12.5. The van der Waals surface area contributed by atoms with Gasteiger partial charge in [0.15, 0.2) is 5.11 Å². The summed E-state index contributed by atoms with van der Waals surface area (Å²) in [5.74, 6) is -1.78. The Labute approximate surface area is 171 Å². The van der Waals surface area contributed by atoms with Crippen LogP contribution in [0.3, 0.4) is 0 Å². The number of rotatable bonds is 5. The van der Waals surface area contributed by atoms with Gasteiger partial charge in [0.1, 0.15) is 5.69 Å². The van der Waals surface area contributed by atoms with Crippen LogP contribution in [-0.2, 0) is 0 Å². The minimum Gasteiger partial charge on any atom is -0.478 e. The van der Waals surface area contributed by atoms with Crippen molar-refractivity contribution in [2.45, 2.75) is 12.8 Å². The van der Waals surface area contributed by atoms with Gasteiger partial charge >= 0.3 is 5.97 Å². The van der Waals surface area contributed by atoms with Crippen molar-refractivity contribution < 1.29 is 19.6 Å². The lowest BCUT2D eigenvalue weighted by molar-refractivity contribution is -0.384. The first-order chi connectivity index (χ1) is 13.9. The Kier molecular flexibility index (Phi) is 6.03. The number of amides is 1. The molecule has 3 N–H and O–H groups in total. The highest BCUT2D eigenvalue weighted by molar-refractivity contribution is 7.80. The molecule has 0 spiro atoms. The van der Waals surface area contributed by atoms with Gasteiger partial charge in [-0.15, -0.1) is 0 Å². The van der Waals surface area contributed by atoms with E-state index >= 15 is 0 Å². The standard InChI is InChI=1S/C19H18N4O5S/c24-17(21-19(29)20-14-6-2-1-5-13(14)18(25)26)12-7-8-15(16(11-12)23(27)28)22-9-3-4-10-22/h1-2,5-8,11H,3-4,9-10H2,(H,25,26)(H2,20,21,24,29). The number of hydrogen-bond acceptors (Lipinski definition) is 6.